The molecule has 0 amide bonds. The van der Waals surface area contributed by atoms with Crippen LogP contribution in [-0.2, 0) is 0 Å². The van der Waals surface area contributed by atoms with Crippen LogP contribution in [0, 0.1) is 0 Å². The van der Waals surface area contributed by atoms with Crippen molar-refractivity contribution in [2.45, 2.75) is 122 Å². The molecule has 0 heterocycles. The van der Waals surface area contributed by atoms with Crippen molar-refractivity contribution in [3.63, 3.8) is 0 Å². The van der Waals surface area contributed by atoms with Crippen molar-refractivity contribution in [3.8, 4) is 0 Å². The van der Waals surface area contributed by atoms with E-state index in [0.717, 1.165) is 38.5 Å². The van der Waals surface area contributed by atoms with E-state index in [1.54, 1.807) is 0 Å². The number of aliphatic hydroxyl groups is 2. The van der Waals surface area contributed by atoms with Crippen molar-refractivity contribution in [3.05, 3.63) is 0 Å². The van der Waals surface area contributed by atoms with E-state index in [9.17, 15) is 5.11 Å². The smallest absolute Gasteiger partial charge is 0.0647 e. The monoisotopic (exact) mass is 314 g/mol. The van der Waals surface area contributed by atoms with E-state index in [0.29, 0.717) is 0 Å². The first-order valence-electron chi connectivity index (χ1n) is 10.0. The molecule has 0 unspecified atom stereocenters. The Hall–Kier alpha value is -0.0800. The molecule has 0 bridgehead atoms. The Balaban J connectivity index is 3.99. The molecular formula is C20H42O2. The maximum absolute atomic E-state index is 11.0. The average molecular weight is 315 g/mol. The van der Waals surface area contributed by atoms with E-state index in [2.05, 4.69) is 13.8 Å². The van der Waals surface area contributed by atoms with Crippen LogP contribution >= 0.6 is 0 Å². The first kappa shape index (κ1) is 21.9. The second kappa shape index (κ2) is 15.8. The third-order valence-corrected chi connectivity index (χ3v) is 4.79. The van der Waals surface area contributed by atoms with Gasteiger partial charge in [-0.1, -0.05) is 90.9 Å². The van der Waals surface area contributed by atoms with Crippen LogP contribution in [0.15, 0.2) is 0 Å². The predicted molar refractivity (Wildman–Crippen MR) is 97.3 cm³/mol. The molecule has 0 spiro atoms. The van der Waals surface area contributed by atoms with Gasteiger partial charge in [0.25, 0.3) is 0 Å². The molecule has 2 heteroatoms. The molecule has 0 aliphatic carbocycles. The minimum atomic E-state index is -0.437. The van der Waals surface area contributed by atoms with Crippen LogP contribution in [0.4, 0.5) is 0 Å². The quantitative estimate of drug-likeness (QED) is 0.324. The van der Waals surface area contributed by atoms with Gasteiger partial charge in [-0.05, 0) is 25.7 Å². The highest BCUT2D eigenvalue weighted by molar-refractivity contribution is 4.78. The first-order chi connectivity index (χ1) is 10.7. The van der Waals surface area contributed by atoms with Gasteiger partial charge in [-0.25, -0.2) is 0 Å². The molecule has 0 rings (SSSR count). The molecule has 0 saturated heterocycles. The fraction of sp³-hybridized carbons (Fsp3) is 1.00. The van der Waals surface area contributed by atoms with Gasteiger partial charge in [0.05, 0.1) is 5.60 Å². The second-order valence-corrected chi connectivity index (χ2v) is 7.09. The van der Waals surface area contributed by atoms with Crippen LogP contribution in [0.2, 0.25) is 0 Å². The SMILES string of the molecule is CCCCCCCC(O)(CCCCCO)CCCCCCC. The zero-order valence-corrected chi connectivity index (χ0v) is 15.4. The number of hydrogen-bond donors (Lipinski definition) is 2. The average Bonchev–Trinajstić information content (AvgIpc) is 2.51. The summed E-state index contributed by atoms with van der Waals surface area (Å²) in [5.74, 6) is 0. The topological polar surface area (TPSA) is 40.5 Å². The van der Waals surface area contributed by atoms with Gasteiger partial charge in [-0.3, -0.25) is 0 Å². The molecule has 0 aromatic carbocycles. The Bertz CT molecular complexity index is 202. The molecule has 0 aromatic heterocycles. The van der Waals surface area contributed by atoms with Gasteiger partial charge in [0.15, 0.2) is 0 Å². The van der Waals surface area contributed by atoms with Crippen molar-refractivity contribution in [1.29, 1.82) is 0 Å². The summed E-state index contributed by atoms with van der Waals surface area (Å²) >= 11 is 0. The molecule has 0 atom stereocenters. The lowest BCUT2D eigenvalue weighted by atomic mass is 9.85. The third-order valence-electron chi connectivity index (χ3n) is 4.79. The van der Waals surface area contributed by atoms with Crippen LogP contribution in [-0.4, -0.2) is 22.4 Å². The van der Waals surface area contributed by atoms with Gasteiger partial charge in [-0.2, -0.15) is 0 Å². The molecule has 22 heavy (non-hydrogen) atoms. The predicted octanol–water partition coefficient (Wildman–Crippen LogP) is 5.99. The summed E-state index contributed by atoms with van der Waals surface area (Å²) in [5, 5.41) is 19.8. The van der Waals surface area contributed by atoms with E-state index in [-0.39, 0.29) is 6.61 Å². The Kier molecular flexibility index (Phi) is 15.7. The molecule has 2 N–H and O–H groups in total. The molecule has 0 fully saturated rings. The van der Waals surface area contributed by atoms with E-state index in [1.165, 1.54) is 64.2 Å². The van der Waals surface area contributed by atoms with Gasteiger partial charge in [0.1, 0.15) is 0 Å². The fourth-order valence-corrected chi connectivity index (χ4v) is 3.23. The molecule has 0 aromatic rings. The Morgan fingerprint density at radius 2 is 0.909 bits per heavy atom. The fourth-order valence-electron chi connectivity index (χ4n) is 3.23. The lowest BCUT2D eigenvalue weighted by Gasteiger charge is -2.28. The first-order valence-corrected chi connectivity index (χ1v) is 10.0. The van der Waals surface area contributed by atoms with Crippen molar-refractivity contribution in [1.82, 2.24) is 0 Å². The van der Waals surface area contributed by atoms with Crippen molar-refractivity contribution in [2.75, 3.05) is 6.61 Å². The molecule has 2 nitrogen and oxygen atoms in total. The van der Waals surface area contributed by atoms with Gasteiger partial charge in [-0.15, -0.1) is 0 Å². The number of aliphatic hydroxyl groups excluding tert-OH is 1. The minimum Gasteiger partial charge on any atom is -0.396 e. The van der Waals surface area contributed by atoms with E-state index < -0.39 is 5.60 Å². The summed E-state index contributed by atoms with van der Waals surface area (Å²) in [4.78, 5) is 0. The van der Waals surface area contributed by atoms with Crippen LogP contribution < -0.4 is 0 Å². The number of unbranched alkanes of at least 4 members (excludes halogenated alkanes) is 10. The highest BCUT2D eigenvalue weighted by Crippen LogP contribution is 2.28. The normalized spacial score (nSPS) is 12.0. The summed E-state index contributed by atoms with van der Waals surface area (Å²) in [6, 6.07) is 0. The maximum atomic E-state index is 11.0. The molecule has 0 aliphatic heterocycles. The molecule has 0 aliphatic rings. The van der Waals surface area contributed by atoms with Gasteiger partial charge < -0.3 is 10.2 Å². The lowest BCUT2D eigenvalue weighted by Crippen LogP contribution is -2.28. The molecule has 0 saturated carbocycles. The van der Waals surface area contributed by atoms with Crippen LogP contribution in [0.1, 0.15) is 117 Å². The molecular weight excluding hydrogens is 272 g/mol. The summed E-state index contributed by atoms with van der Waals surface area (Å²) in [5.41, 5.74) is -0.437. The maximum Gasteiger partial charge on any atom is 0.0647 e. The Morgan fingerprint density at radius 3 is 1.27 bits per heavy atom. The van der Waals surface area contributed by atoms with Gasteiger partial charge in [0, 0.05) is 6.61 Å². The number of rotatable bonds is 17. The zero-order chi connectivity index (χ0) is 16.5. The van der Waals surface area contributed by atoms with Crippen molar-refractivity contribution >= 4 is 0 Å². The largest absolute Gasteiger partial charge is 0.396 e. The van der Waals surface area contributed by atoms with E-state index >= 15 is 0 Å². The Morgan fingerprint density at radius 1 is 0.545 bits per heavy atom. The highest BCUT2D eigenvalue weighted by atomic mass is 16.3. The zero-order valence-electron chi connectivity index (χ0n) is 15.4. The summed E-state index contributed by atoms with van der Waals surface area (Å²) in [6.45, 7) is 4.77. The van der Waals surface area contributed by atoms with Crippen LogP contribution in [0.25, 0.3) is 0 Å². The van der Waals surface area contributed by atoms with E-state index in [4.69, 9.17) is 5.11 Å². The second-order valence-electron chi connectivity index (χ2n) is 7.09. The van der Waals surface area contributed by atoms with E-state index in [1.807, 2.05) is 0 Å². The van der Waals surface area contributed by atoms with Gasteiger partial charge in [0.2, 0.25) is 0 Å². The van der Waals surface area contributed by atoms with Crippen LogP contribution in [0.5, 0.6) is 0 Å². The lowest BCUT2D eigenvalue weighted by molar-refractivity contribution is 0.00684. The van der Waals surface area contributed by atoms with Gasteiger partial charge >= 0.3 is 0 Å². The summed E-state index contributed by atoms with van der Waals surface area (Å²) < 4.78 is 0. The minimum absolute atomic E-state index is 0.284. The molecule has 0 radical (unpaired) electrons. The molecule has 134 valence electrons. The Labute approximate surface area is 139 Å². The highest BCUT2D eigenvalue weighted by Gasteiger charge is 2.25. The summed E-state index contributed by atoms with van der Waals surface area (Å²) in [6.07, 6.45) is 18.6. The van der Waals surface area contributed by atoms with Crippen molar-refractivity contribution < 1.29 is 10.2 Å². The van der Waals surface area contributed by atoms with Crippen molar-refractivity contribution in [2.24, 2.45) is 0 Å². The van der Waals surface area contributed by atoms with Crippen LogP contribution in [0.3, 0.4) is 0 Å². The standard InChI is InChI=1S/C20H42O2/c1-3-5-7-9-12-16-20(22,18-14-11-15-19-21)17-13-10-8-6-4-2/h21-22H,3-19H2,1-2H3. The number of hydrogen-bond acceptors (Lipinski definition) is 2. The summed E-state index contributed by atoms with van der Waals surface area (Å²) in [7, 11) is 0. The third kappa shape index (κ3) is 13.6.